The molecule has 0 radical (unpaired) electrons. The van der Waals surface area contributed by atoms with E-state index in [4.69, 9.17) is 14.2 Å². The second kappa shape index (κ2) is 21.4. The highest BCUT2D eigenvalue weighted by Gasteiger charge is 2.16. The van der Waals surface area contributed by atoms with Crippen molar-refractivity contribution in [2.75, 3.05) is 13.2 Å². The maximum atomic E-state index is 11.8. The number of rotatable bonds is 20. The SMILES string of the molecule is CCCCCCCCC=CCCCCCCCC(=O)OCC(COC(C)=O)OC(C)=O. The monoisotopic (exact) mass is 440 g/mol. The summed E-state index contributed by atoms with van der Waals surface area (Å²) >= 11 is 0. The van der Waals surface area contributed by atoms with E-state index >= 15 is 0 Å². The minimum absolute atomic E-state index is 0.100. The maximum absolute atomic E-state index is 11.8. The van der Waals surface area contributed by atoms with Crippen molar-refractivity contribution in [3.05, 3.63) is 12.2 Å². The normalized spacial score (nSPS) is 12.0. The molecule has 0 fully saturated rings. The summed E-state index contributed by atoms with van der Waals surface area (Å²) in [6, 6.07) is 0. The number of allylic oxidation sites excluding steroid dienone is 2. The Morgan fingerprint density at radius 1 is 0.677 bits per heavy atom. The molecule has 1 atom stereocenters. The number of carbonyl (C=O) groups excluding carboxylic acids is 3. The Labute approximate surface area is 189 Å². The number of ether oxygens (including phenoxy) is 3. The van der Waals surface area contributed by atoms with Crippen LogP contribution < -0.4 is 0 Å². The zero-order valence-corrected chi connectivity index (χ0v) is 20.0. The quantitative estimate of drug-likeness (QED) is 0.0990. The Hall–Kier alpha value is -1.85. The molecule has 0 amide bonds. The predicted molar refractivity (Wildman–Crippen MR) is 123 cm³/mol. The van der Waals surface area contributed by atoms with Gasteiger partial charge in [0.05, 0.1) is 0 Å². The molecule has 0 aliphatic carbocycles. The standard InChI is InChI=1S/C25H44O6/c1-4-5-6-7-8-9-10-11-12-13-14-15-16-17-18-19-25(28)30-21-24(31-23(3)27)20-29-22(2)26/h11-12,24H,4-10,13-21H2,1-3H3. The van der Waals surface area contributed by atoms with Crippen LogP contribution in [-0.2, 0) is 28.6 Å². The smallest absolute Gasteiger partial charge is 0.305 e. The molecule has 0 aliphatic rings. The fourth-order valence-electron chi connectivity index (χ4n) is 3.16. The summed E-state index contributed by atoms with van der Waals surface area (Å²) in [6.45, 7) is 4.56. The highest BCUT2D eigenvalue weighted by molar-refractivity contribution is 5.69. The minimum atomic E-state index is -0.764. The highest BCUT2D eigenvalue weighted by atomic mass is 16.6. The summed E-state index contributed by atoms with van der Waals surface area (Å²) in [4.78, 5) is 33.8. The highest BCUT2D eigenvalue weighted by Crippen LogP contribution is 2.10. The molecular formula is C25H44O6. The van der Waals surface area contributed by atoms with E-state index in [-0.39, 0.29) is 19.2 Å². The van der Waals surface area contributed by atoms with Crippen molar-refractivity contribution < 1.29 is 28.6 Å². The largest absolute Gasteiger partial charge is 0.462 e. The van der Waals surface area contributed by atoms with Crippen molar-refractivity contribution in [2.45, 2.75) is 117 Å². The number of esters is 3. The van der Waals surface area contributed by atoms with Gasteiger partial charge in [0.2, 0.25) is 0 Å². The Balaban J connectivity index is 3.58. The van der Waals surface area contributed by atoms with Gasteiger partial charge >= 0.3 is 17.9 Å². The summed E-state index contributed by atoms with van der Waals surface area (Å²) in [5.41, 5.74) is 0. The van der Waals surface area contributed by atoms with E-state index in [1.807, 2.05) is 0 Å². The van der Waals surface area contributed by atoms with Crippen molar-refractivity contribution in [3.8, 4) is 0 Å². The van der Waals surface area contributed by atoms with Gasteiger partial charge in [-0.3, -0.25) is 14.4 Å². The van der Waals surface area contributed by atoms with Crippen molar-refractivity contribution in [3.63, 3.8) is 0 Å². The van der Waals surface area contributed by atoms with E-state index in [1.54, 1.807) is 0 Å². The molecule has 0 aromatic carbocycles. The van der Waals surface area contributed by atoms with Crippen LogP contribution in [-0.4, -0.2) is 37.2 Å². The van der Waals surface area contributed by atoms with Crippen LogP contribution in [0.15, 0.2) is 12.2 Å². The van der Waals surface area contributed by atoms with Crippen molar-refractivity contribution in [1.29, 1.82) is 0 Å². The first-order valence-corrected chi connectivity index (χ1v) is 12.1. The molecule has 0 saturated heterocycles. The second-order valence-corrected chi connectivity index (χ2v) is 8.05. The fourth-order valence-corrected chi connectivity index (χ4v) is 3.16. The Morgan fingerprint density at radius 2 is 1.19 bits per heavy atom. The lowest BCUT2D eigenvalue weighted by atomic mass is 10.1. The second-order valence-electron chi connectivity index (χ2n) is 8.05. The zero-order chi connectivity index (χ0) is 23.2. The van der Waals surface area contributed by atoms with Crippen LogP contribution in [0.25, 0.3) is 0 Å². The van der Waals surface area contributed by atoms with Crippen LogP contribution in [0, 0.1) is 0 Å². The molecule has 6 heteroatoms. The first-order chi connectivity index (χ1) is 15.0. The van der Waals surface area contributed by atoms with E-state index in [2.05, 4.69) is 19.1 Å². The van der Waals surface area contributed by atoms with Crippen LogP contribution in [0.1, 0.15) is 111 Å². The Bertz CT molecular complexity index is 500. The first-order valence-electron chi connectivity index (χ1n) is 12.1. The number of hydrogen-bond acceptors (Lipinski definition) is 6. The first kappa shape index (κ1) is 29.1. The van der Waals surface area contributed by atoms with Crippen LogP contribution in [0.4, 0.5) is 0 Å². The zero-order valence-electron chi connectivity index (χ0n) is 20.0. The summed E-state index contributed by atoms with van der Waals surface area (Å²) < 4.78 is 14.9. The molecule has 0 heterocycles. The summed E-state index contributed by atoms with van der Waals surface area (Å²) in [7, 11) is 0. The van der Waals surface area contributed by atoms with Gasteiger partial charge in [-0.1, -0.05) is 70.4 Å². The lowest BCUT2D eigenvalue weighted by Crippen LogP contribution is -2.29. The third-order valence-electron chi connectivity index (χ3n) is 4.88. The van der Waals surface area contributed by atoms with Crippen molar-refractivity contribution in [2.24, 2.45) is 0 Å². The minimum Gasteiger partial charge on any atom is -0.462 e. The van der Waals surface area contributed by atoms with E-state index in [1.165, 1.54) is 71.6 Å². The lowest BCUT2D eigenvalue weighted by molar-refractivity contribution is -0.164. The van der Waals surface area contributed by atoms with Gasteiger partial charge in [0.15, 0.2) is 6.10 Å². The van der Waals surface area contributed by atoms with Crippen molar-refractivity contribution >= 4 is 17.9 Å². The van der Waals surface area contributed by atoms with Crippen LogP contribution >= 0.6 is 0 Å². The van der Waals surface area contributed by atoms with Gasteiger partial charge in [-0.2, -0.15) is 0 Å². The van der Waals surface area contributed by atoms with E-state index < -0.39 is 18.0 Å². The summed E-state index contributed by atoms with van der Waals surface area (Å²) in [5, 5.41) is 0. The van der Waals surface area contributed by atoms with E-state index in [9.17, 15) is 14.4 Å². The van der Waals surface area contributed by atoms with Gasteiger partial charge < -0.3 is 14.2 Å². The van der Waals surface area contributed by atoms with Gasteiger partial charge in [-0.05, 0) is 32.1 Å². The molecule has 0 bridgehead atoms. The lowest BCUT2D eigenvalue weighted by Gasteiger charge is -2.16. The molecule has 0 rings (SSSR count). The number of unbranched alkanes of at least 4 members (excludes halogenated alkanes) is 11. The van der Waals surface area contributed by atoms with Gasteiger partial charge in [-0.15, -0.1) is 0 Å². The molecule has 31 heavy (non-hydrogen) atoms. The Morgan fingerprint density at radius 3 is 1.74 bits per heavy atom. The van der Waals surface area contributed by atoms with Gasteiger partial charge in [0, 0.05) is 20.3 Å². The third-order valence-corrected chi connectivity index (χ3v) is 4.88. The Kier molecular flexibility index (Phi) is 20.1. The molecular weight excluding hydrogens is 396 g/mol. The van der Waals surface area contributed by atoms with E-state index in [0.717, 1.165) is 25.7 Å². The molecule has 0 aromatic heterocycles. The average Bonchev–Trinajstić information content (AvgIpc) is 2.72. The fraction of sp³-hybridized carbons (Fsp3) is 0.800. The molecule has 0 saturated carbocycles. The van der Waals surface area contributed by atoms with Crippen LogP contribution in [0.3, 0.4) is 0 Å². The van der Waals surface area contributed by atoms with Crippen molar-refractivity contribution in [1.82, 2.24) is 0 Å². The third kappa shape index (κ3) is 22.7. The van der Waals surface area contributed by atoms with Crippen LogP contribution in [0.2, 0.25) is 0 Å². The van der Waals surface area contributed by atoms with Gasteiger partial charge in [-0.25, -0.2) is 0 Å². The molecule has 1 unspecified atom stereocenters. The average molecular weight is 441 g/mol. The van der Waals surface area contributed by atoms with Gasteiger partial charge in [0.1, 0.15) is 13.2 Å². The van der Waals surface area contributed by atoms with E-state index in [0.29, 0.717) is 6.42 Å². The molecule has 0 N–H and O–H groups in total. The van der Waals surface area contributed by atoms with Crippen LogP contribution in [0.5, 0.6) is 0 Å². The molecule has 0 aromatic rings. The molecule has 6 nitrogen and oxygen atoms in total. The maximum Gasteiger partial charge on any atom is 0.305 e. The molecule has 180 valence electrons. The predicted octanol–water partition coefficient (Wildman–Crippen LogP) is 6.06. The number of hydrogen-bond donors (Lipinski definition) is 0. The molecule has 0 aliphatic heterocycles. The topological polar surface area (TPSA) is 78.9 Å². The van der Waals surface area contributed by atoms with Gasteiger partial charge in [0.25, 0.3) is 0 Å². The number of carbonyl (C=O) groups is 3. The molecule has 0 spiro atoms. The summed E-state index contributed by atoms with van der Waals surface area (Å²) in [6.07, 6.45) is 19.9. The summed E-state index contributed by atoms with van der Waals surface area (Å²) in [5.74, 6) is -1.31.